The third-order valence-corrected chi connectivity index (χ3v) is 8.25. The minimum absolute atomic E-state index is 0.0789. The third-order valence-electron chi connectivity index (χ3n) is 7.95. The molecule has 1 atom stereocenters. The predicted molar refractivity (Wildman–Crippen MR) is 147 cm³/mol. The molecule has 0 fully saturated rings. The van der Waals surface area contributed by atoms with Crippen LogP contribution in [0.1, 0.15) is 56.2 Å². The second kappa shape index (κ2) is 8.40. The first-order valence-electron chi connectivity index (χ1n) is 12.6. The van der Waals surface area contributed by atoms with Gasteiger partial charge in [-0.05, 0) is 69.6 Å². The highest BCUT2D eigenvalue weighted by Gasteiger charge is 2.41. The topological polar surface area (TPSA) is 57.6 Å². The van der Waals surface area contributed by atoms with E-state index in [1.54, 1.807) is 12.1 Å². The number of hydrogen-bond acceptors (Lipinski definition) is 3. The fraction of sp³-hybridized carbons (Fsp3) is 0.125. The molecule has 7 rings (SSSR count). The van der Waals surface area contributed by atoms with Crippen molar-refractivity contribution < 1.29 is 19.1 Å². The Morgan fingerprint density at radius 3 is 2.53 bits per heavy atom. The number of hydrogen-bond donors (Lipinski definition) is 1. The maximum Gasteiger partial charge on any atom is 0.266 e. The van der Waals surface area contributed by atoms with Gasteiger partial charge in [0.25, 0.3) is 11.8 Å². The second-order valence-corrected chi connectivity index (χ2v) is 10.3. The molecule has 1 heterocycles. The van der Waals surface area contributed by atoms with Gasteiger partial charge in [-0.1, -0.05) is 72.3 Å². The number of benzene rings is 5. The Labute approximate surface area is 222 Å². The highest BCUT2D eigenvalue weighted by molar-refractivity contribution is 6.36. The fourth-order valence-corrected chi connectivity index (χ4v) is 6.40. The number of rotatable bonds is 2. The number of aryl methyl sites for hydroxylation is 1. The Hall–Kier alpha value is -4.22. The van der Waals surface area contributed by atoms with Gasteiger partial charge in [0.1, 0.15) is 11.6 Å². The molecule has 0 bridgehead atoms. The molecule has 5 aromatic carbocycles. The van der Waals surface area contributed by atoms with E-state index in [2.05, 4.69) is 42.5 Å². The Kier molecular flexibility index (Phi) is 5.07. The molecule has 6 heteroatoms. The van der Waals surface area contributed by atoms with Crippen molar-refractivity contribution in [1.82, 2.24) is 0 Å². The van der Waals surface area contributed by atoms with Gasteiger partial charge in [-0.25, -0.2) is 9.29 Å². The summed E-state index contributed by atoms with van der Waals surface area (Å²) < 4.78 is 14.8. The molecule has 0 saturated heterocycles. The van der Waals surface area contributed by atoms with Gasteiger partial charge in [0, 0.05) is 12.0 Å². The first-order valence-corrected chi connectivity index (χ1v) is 12.9. The Morgan fingerprint density at radius 1 is 0.842 bits per heavy atom. The van der Waals surface area contributed by atoms with Gasteiger partial charge in [-0.3, -0.25) is 9.59 Å². The van der Waals surface area contributed by atoms with E-state index in [9.17, 15) is 19.1 Å². The lowest BCUT2D eigenvalue weighted by Crippen LogP contribution is -2.30. The summed E-state index contributed by atoms with van der Waals surface area (Å²) in [6.07, 6.45) is 2.71. The fourth-order valence-electron chi connectivity index (χ4n) is 6.25. The minimum Gasteiger partial charge on any atom is -0.506 e. The molecule has 1 aliphatic carbocycles. The summed E-state index contributed by atoms with van der Waals surface area (Å²) in [7, 11) is 0. The lowest BCUT2D eigenvalue weighted by atomic mass is 9.75. The largest absolute Gasteiger partial charge is 0.506 e. The number of carbonyl (C=O) groups excluding carboxylic acids is 2. The van der Waals surface area contributed by atoms with Gasteiger partial charge >= 0.3 is 0 Å². The summed E-state index contributed by atoms with van der Waals surface area (Å²) in [5.41, 5.74) is 3.41. The van der Waals surface area contributed by atoms with Crippen molar-refractivity contribution in [2.75, 3.05) is 4.90 Å². The SMILES string of the molecule is O=C1c2cccc(C3CCCc4c3ccc3c4ccc4ccccc43)c2C(=O)N1c1cc(O)c(Cl)cc1F. The van der Waals surface area contributed by atoms with Crippen LogP contribution in [0.5, 0.6) is 5.75 Å². The Bertz CT molecular complexity index is 1850. The number of amides is 2. The van der Waals surface area contributed by atoms with E-state index in [1.165, 1.54) is 27.1 Å². The number of carbonyl (C=O) groups is 2. The number of nitrogens with zero attached hydrogens (tertiary/aromatic N) is 1. The van der Waals surface area contributed by atoms with Crippen molar-refractivity contribution in [3.8, 4) is 5.75 Å². The number of imide groups is 1. The highest BCUT2D eigenvalue weighted by Crippen LogP contribution is 2.45. The molecule has 1 N–H and O–H groups in total. The van der Waals surface area contributed by atoms with Crippen molar-refractivity contribution in [3.05, 3.63) is 118 Å². The number of fused-ring (bicyclic) bond motifs is 6. The zero-order chi connectivity index (χ0) is 26.1. The average Bonchev–Trinajstić information content (AvgIpc) is 3.19. The Balaban J connectivity index is 1.38. The first-order chi connectivity index (χ1) is 18.4. The lowest BCUT2D eigenvalue weighted by molar-refractivity contribution is 0.0924. The van der Waals surface area contributed by atoms with Gasteiger partial charge in [-0.15, -0.1) is 0 Å². The monoisotopic (exact) mass is 521 g/mol. The standard InChI is InChI=1S/C32H21ClFNO3/c33-26-15-27(34)28(16-29(26)36)35-31(37)25-10-4-9-24(30(25)32(35)38)20-8-3-7-19-22-12-11-17-5-1-2-6-18(17)21(22)13-14-23(19)20/h1-2,4-6,9-16,20,36H,3,7-8H2. The highest BCUT2D eigenvalue weighted by atomic mass is 35.5. The van der Waals surface area contributed by atoms with Crippen molar-refractivity contribution in [3.63, 3.8) is 0 Å². The van der Waals surface area contributed by atoms with E-state index in [1.807, 2.05) is 12.1 Å². The number of anilines is 1. The van der Waals surface area contributed by atoms with Gasteiger partial charge in [-0.2, -0.15) is 0 Å². The van der Waals surface area contributed by atoms with E-state index in [0.29, 0.717) is 5.56 Å². The maximum absolute atomic E-state index is 14.8. The van der Waals surface area contributed by atoms with Crippen molar-refractivity contribution in [1.29, 1.82) is 0 Å². The predicted octanol–water partition coefficient (Wildman–Crippen LogP) is 7.76. The lowest BCUT2D eigenvalue weighted by Gasteiger charge is -2.28. The molecule has 0 aromatic heterocycles. The molecule has 4 nitrogen and oxygen atoms in total. The summed E-state index contributed by atoms with van der Waals surface area (Å²) in [6.45, 7) is 0. The van der Waals surface area contributed by atoms with Crippen LogP contribution >= 0.6 is 11.6 Å². The zero-order valence-corrected chi connectivity index (χ0v) is 20.9. The van der Waals surface area contributed by atoms with Crippen LogP contribution in [0.25, 0.3) is 21.5 Å². The summed E-state index contributed by atoms with van der Waals surface area (Å²) in [5.74, 6) is -2.55. The number of halogens is 2. The molecule has 1 unspecified atom stereocenters. The van der Waals surface area contributed by atoms with Gasteiger partial charge < -0.3 is 5.11 Å². The summed E-state index contributed by atoms with van der Waals surface area (Å²) in [5, 5.41) is 14.7. The number of phenols is 1. The second-order valence-electron chi connectivity index (χ2n) is 9.93. The Morgan fingerprint density at radius 2 is 1.66 bits per heavy atom. The molecule has 2 aliphatic rings. The molecule has 1 aliphatic heterocycles. The molecule has 2 amide bonds. The van der Waals surface area contributed by atoms with E-state index in [0.717, 1.165) is 47.4 Å². The van der Waals surface area contributed by atoms with E-state index in [-0.39, 0.29) is 22.2 Å². The van der Waals surface area contributed by atoms with E-state index in [4.69, 9.17) is 11.6 Å². The van der Waals surface area contributed by atoms with Gasteiger partial charge in [0.15, 0.2) is 0 Å². The van der Waals surface area contributed by atoms with Crippen LogP contribution in [0.2, 0.25) is 5.02 Å². The quantitative estimate of drug-likeness (QED) is 0.191. The molecule has 5 aromatic rings. The molecule has 0 saturated carbocycles. The number of aromatic hydroxyl groups is 1. The minimum atomic E-state index is -0.856. The normalized spacial score (nSPS) is 16.8. The summed E-state index contributed by atoms with van der Waals surface area (Å²) in [6, 6.07) is 24.2. The van der Waals surface area contributed by atoms with E-state index >= 15 is 0 Å². The van der Waals surface area contributed by atoms with Crippen molar-refractivity contribution >= 4 is 50.6 Å². The van der Waals surface area contributed by atoms with Crippen LogP contribution in [0.4, 0.5) is 10.1 Å². The van der Waals surface area contributed by atoms with E-state index < -0.39 is 23.4 Å². The van der Waals surface area contributed by atoms with Crippen LogP contribution in [0.3, 0.4) is 0 Å². The van der Waals surface area contributed by atoms with Gasteiger partial charge in [0.05, 0.1) is 21.8 Å². The molecule has 0 spiro atoms. The van der Waals surface area contributed by atoms with Crippen LogP contribution in [-0.4, -0.2) is 16.9 Å². The molecular weight excluding hydrogens is 501 g/mol. The molecule has 0 radical (unpaired) electrons. The molecule has 38 heavy (non-hydrogen) atoms. The average molecular weight is 522 g/mol. The molecular formula is C32H21ClFNO3. The summed E-state index contributed by atoms with van der Waals surface area (Å²) >= 11 is 5.82. The van der Waals surface area contributed by atoms with Crippen molar-refractivity contribution in [2.24, 2.45) is 0 Å². The van der Waals surface area contributed by atoms with Gasteiger partial charge in [0.2, 0.25) is 0 Å². The van der Waals surface area contributed by atoms with Crippen LogP contribution < -0.4 is 4.90 Å². The summed E-state index contributed by atoms with van der Waals surface area (Å²) in [4.78, 5) is 27.9. The van der Waals surface area contributed by atoms with Crippen molar-refractivity contribution in [2.45, 2.75) is 25.2 Å². The number of phenolic OH excluding ortho intramolecular Hbond substituents is 1. The van der Waals surface area contributed by atoms with Crippen LogP contribution in [0.15, 0.2) is 78.9 Å². The van der Waals surface area contributed by atoms with Crippen LogP contribution in [-0.2, 0) is 6.42 Å². The first kappa shape index (κ1) is 22.9. The zero-order valence-electron chi connectivity index (χ0n) is 20.2. The third kappa shape index (κ3) is 3.21. The molecule has 186 valence electrons. The maximum atomic E-state index is 14.8. The van der Waals surface area contributed by atoms with Crippen LogP contribution in [0, 0.1) is 5.82 Å². The smallest absolute Gasteiger partial charge is 0.266 e.